The zero-order valence-electron chi connectivity index (χ0n) is 10.6. The minimum absolute atomic E-state index is 0.236. The maximum Gasteiger partial charge on any atom is 0.146 e. The maximum absolute atomic E-state index is 9.41. The highest BCUT2D eigenvalue weighted by Gasteiger charge is 2.05. The summed E-state index contributed by atoms with van der Waals surface area (Å²) in [6.45, 7) is 2.40. The summed E-state index contributed by atoms with van der Waals surface area (Å²) >= 11 is 0. The number of aromatic hydroxyl groups is 1. The van der Waals surface area contributed by atoms with Gasteiger partial charge in [0.2, 0.25) is 0 Å². The van der Waals surface area contributed by atoms with Crippen LogP contribution in [0.3, 0.4) is 0 Å². The normalized spacial score (nSPS) is 10.8. The molecule has 3 heteroatoms. The Morgan fingerprint density at radius 3 is 2.84 bits per heavy atom. The van der Waals surface area contributed by atoms with Gasteiger partial charge in [-0.05, 0) is 48.9 Å². The number of hydrogen-bond acceptors (Lipinski definition) is 3. The Bertz CT molecular complexity index is 713. The minimum Gasteiger partial charge on any atom is -0.508 e. The van der Waals surface area contributed by atoms with Crippen molar-refractivity contribution < 1.29 is 14.3 Å². The molecule has 1 aromatic heterocycles. The van der Waals surface area contributed by atoms with Crippen molar-refractivity contribution in [1.82, 2.24) is 0 Å². The van der Waals surface area contributed by atoms with E-state index in [0.29, 0.717) is 6.61 Å². The van der Waals surface area contributed by atoms with Crippen LogP contribution >= 0.6 is 0 Å². The van der Waals surface area contributed by atoms with Gasteiger partial charge in [0.25, 0.3) is 0 Å². The fourth-order valence-electron chi connectivity index (χ4n) is 2.02. The van der Waals surface area contributed by atoms with Gasteiger partial charge < -0.3 is 14.3 Å². The second-order valence-corrected chi connectivity index (χ2v) is 4.54. The van der Waals surface area contributed by atoms with Gasteiger partial charge in [-0.3, -0.25) is 0 Å². The number of hydrogen-bond donors (Lipinski definition) is 1. The van der Waals surface area contributed by atoms with Gasteiger partial charge in [0.05, 0.1) is 0 Å². The lowest BCUT2D eigenvalue weighted by Crippen LogP contribution is -1.93. The van der Waals surface area contributed by atoms with Gasteiger partial charge in [-0.15, -0.1) is 0 Å². The number of rotatable bonds is 3. The standard InChI is InChI=1S/C16H14O3/c1-11-3-2-4-14(7-11)18-10-15-9-12-8-13(17)5-6-16(12)19-15/h2-9,17H,10H2,1H3. The smallest absolute Gasteiger partial charge is 0.146 e. The molecule has 0 bridgehead atoms. The second kappa shape index (κ2) is 4.69. The van der Waals surface area contributed by atoms with Crippen LogP contribution in [0.1, 0.15) is 11.3 Å². The van der Waals surface area contributed by atoms with E-state index < -0.39 is 0 Å². The predicted molar refractivity (Wildman–Crippen MR) is 73.4 cm³/mol. The molecule has 0 unspecified atom stereocenters. The molecule has 1 heterocycles. The Morgan fingerprint density at radius 1 is 1.11 bits per heavy atom. The van der Waals surface area contributed by atoms with Gasteiger partial charge in [-0.25, -0.2) is 0 Å². The van der Waals surface area contributed by atoms with Crippen molar-refractivity contribution in [2.45, 2.75) is 13.5 Å². The number of phenolic OH excluding ortho intramolecular Hbond substituents is 1. The van der Waals surface area contributed by atoms with E-state index in [9.17, 15) is 5.11 Å². The fourth-order valence-corrected chi connectivity index (χ4v) is 2.02. The van der Waals surface area contributed by atoms with Gasteiger partial charge in [-0.1, -0.05) is 12.1 Å². The number of benzene rings is 2. The lowest BCUT2D eigenvalue weighted by molar-refractivity contribution is 0.274. The summed E-state index contributed by atoms with van der Waals surface area (Å²) < 4.78 is 11.3. The van der Waals surface area contributed by atoms with E-state index in [-0.39, 0.29) is 5.75 Å². The highest BCUT2D eigenvalue weighted by Crippen LogP contribution is 2.24. The average molecular weight is 254 g/mol. The average Bonchev–Trinajstić information content (AvgIpc) is 2.78. The van der Waals surface area contributed by atoms with E-state index in [1.54, 1.807) is 18.2 Å². The molecule has 2 aromatic carbocycles. The molecule has 0 fully saturated rings. The van der Waals surface area contributed by atoms with E-state index in [0.717, 1.165) is 28.0 Å². The van der Waals surface area contributed by atoms with Crippen LogP contribution in [-0.2, 0) is 6.61 Å². The summed E-state index contributed by atoms with van der Waals surface area (Å²) in [7, 11) is 0. The zero-order chi connectivity index (χ0) is 13.2. The van der Waals surface area contributed by atoms with Gasteiger partial charge in [0.1, 0.15) is 29.4 Å². The molecule has 0 saturated carbocycles. The summed E-state index contributed by atoms with van der Waals surface area (Å²) in [5, 5.41) is 10.3. The number of ether oxygens (including phenoxy) is 1. The third kappa shape index (κ3) is 2.55. The Morgan fingerprint density at radius 2 is 2.00 bits per heavy atom. The second-order valence-electron chi connectivity index (χ2n) is 4.54. The van der Waals surface area contributed by atoms with Crippen molar-refractivity contribution in [3.8, 4) is 11.5 Å². The molecule has 3 aromatic rings. The minimum atomic E-state index is 0.236. The van der Waals surface area contributed by atoms with E-state index in [4.69, 9.17) is 9.15 Å². The molecular formula is C16H14O3. The molecule has 0 aliphatic heterocycles. The monoisotopic (exact) mass is 254 g/mol. The molecule has 1 N–H and O–H groups in total. The first-order chi connectivity index (χ1) is 9.20. The largest absolute Gasteiger partial charge is 0.508 e. The predicted octanol–water partition coefficient (Wildman–Crippen LogP) is 4.03. The lowest BCUT2D eigenvalue weighted by Gasteiger charge is -2.04. The third-order valence-corrected chi connectivity index (χ3v) is 2.92. The van der Waals surface area contributed by atoms with Crippen LogP contribution in [0.2, 0.25) is 0 Å². The molecule has 3 rings (SSSR count). The highest BCUT2D eigenvalue weighted by atomic mass is 16.5. The molecule has 0 atom stereocenters. The van der Waals surface area contributed by atoms with Crippen molar-refractivity contribution >= 4 is 11.0 Å². The van der Waals surface area contributed by atoms with Crippen LogP contribution in [0.15, 0.2) is 52.9 Å². The zero-order valence-corrected chi connectivity index (χ0v) is 10.6. The fraction of sp³-hybridized carbons (Fsp3) is 0.125. The SMILES string of the molecule is Cc1cccc(OCc2cc3cc(O)ccc3o2)c1. The molecule has 0 spiro atoms. The first kappa shape index (κ1) is 11.7. The lowest BCUT2D eigenvalue weighted by atomic mass is 10.2. The topological polar surface area (TPSA) is 42.6 Å². The molecule has 0 amide bonds. The van der Waals surface area contributed by atoms with E-state index in [1.165, 1.54) is 0 Å². The van der Waals surface area contributed by atoms with Crippen molar-refractivity contribution in [1.29, 1.82) is 0 Å². The number of furan rings is 1. The van der Waals surface area contributed by atoms with Crippen LogP contribution in [0.5, 0.6) is 11.5 Å². The van der Waals surface area contributed by atoms with Crippen LogP contribution in [-0.4, -0.2) is 5.11 Å². The first-order valence-electron chi connectivity index (χ1n) is 6.11. The quantitative estimate of drug-likeness (QED) is 0.767. The summed E-state index contributed by atoms with van der Waals surface area (Å²) in [5.74, 6) is 1.80. The Labute approximate surface area is 111 Å². The van der Waals surface area contributed by atoms with Crippen molar-refractivity contribution in [2.75, 3.05) is 0 Å². The first-order valence-corrected chi connectivity index (χ1v) is 6.11. The van der Waals surface area contributed by atoms with E-state index in [2.05, 4.69) is 0 Å². The number of aryl methyl sites for hydroxylation is 1. The number of fused-ring (bicyclic) bond motifs is 1. The van der Waals surface area contributed by atoms with Gasteiger partial charge in [-0.2, -0.15) is 0 Å². The molecule has 3 nitrogen and oxygen atoms in total. The molecular weight excluding hydrogens is 240 g/mol. The molecule has 96 valence electrons. The van der Waals surface area contributed by atoms with Crippen molar-refractivity contribution in [3.05, 3.63) is 59.9 Å². The van der Waals surface area contributed by atoms with Crippen LogP contribution in [0.4, 0.5) is 0 Å². The van der Waals surface area contributed by atoms with Gasteiger partial charge in [0, 0.05) is 5.39 Å². The van der Waals surface area contributed by atoms with E-state index >= 15 is 0 Å². The Hall–Kier alpha value is -2.42. The Kier molecular flexibility index (Phi) is 2.88. The van der Waals surface area contributed by atoms with Gasteiger partial charge in [0.15, 0.2) is 0 Å². The van der Waals surface area contributed by atoms with E-state index in [1.807, 2.05) is 37.3 Å². The van der Waals surface area contributed by atoms with Crippen molar-refractivity contribution in [3.63, 3.8) is 0 Å². The molecule has 0 aliphatic carbocycles. The Balaban J connectivity index is 1.78. The van der Waals surface area contributed by atoms with Crippen LogP contribution in [0, 0.1) is 6.92 Å². The molecule has 0 aliphatic rings. The summed E-state index contributed by atoms with van der Waals surface area (Å²) in [6, 6.07) is 14.8. The molecule has 0 saturated heterocycles. The summed E-state index contributed by atoms with van der Waals surface area (Å²) in [6.07, 6.45) is 0. The van der Waals surface area contributed by atoms with Crippen LogP contribution < -0.4 is 4.74 Å². The summed E-state index contributed by atoms with van der Waals surface area (Å²) in [4.78, 5) is 0. The third-order valence-electron chi connectivity index (χ3n) is 2.92. The highest BCUT2D eigenvalue weighted by molar-refractivity contribution is 5.79. The molecule has 0 radical (unpaired) electrons. The van der Waals surface area contributed by atoms with Gasteiger partial charge >= 0.3 is 0 Å². The number of phenols is 1. The van der Waals surface area contributed by atoms with Crippen LogP contribution in [0.25, 0.3) is 11.0 Å². The molecule has 19 heavy (non-hydrogen) atoms. The van der Waals surface area contributed by atoms with Crippen molar-refractivity contribution in [2.24, 2.45) is 0 Å². The summed E-state index contributed by atoms with van der Waals surface area (Å²) in [5.41, 5.74) is 1.91. The maximum atomic E-state index is 9.41.